The van der Waals surface area contributed by atoms with Gasteiger partial charge in [0.25, 0.3) is 5.56 Å². The van der Waals surface area contributed by atoms with Gasteiger partial charge in [-0.1, -0.05) is 12.1 Å². The van der Waals surface area contributed by atoms with Crippen molar-refractivity contribution in [3.05, 3.63) is 76.0 Å². The summed E-state index contributed by atoms with van der Waals surface area (Å²) in [5, 5.41) is 0. The van der Waals surface area contributed by atoms with Crippen molar-refractivity contribution in [3.8, 4) is 11.4 Å². The minimum atomic E-state index is -4.37. The number of halogens is 3. The molecule has 0 amide bonds. The van der Waals surface area contributed by atoms with Crippen LogP contribution >= 0.6 is 0 Å². The summed E-state index contributed by atoms with van der Waals surface area (Å²) >= 11 is 0. The number of benzene rings is 1. The van der Waals surface area contributed by atoms with Crippen LogP contribution in [0.15, 0.2) is 53.7 Å². The van der Waals surface area contributed by atoms with E-state index in [0.717, 1.165) is 17.7 Å². The molecule has 0 aliphatic carbocycles. The molecule has 0 aliphatic rings. The Hall–Kier alpha value is -2.83. The number of alkyl halides is 3. The van der Waals surface area contributed by atoms with E-state index in [9.17, 15) is 18.0 Å². The van der Waals surface area contributed by atoms with E-state index >= 15 is 0 Å². The van der Waals surface area contributed by atoms with Crippen molar-refractivity contribution in [1.82, 2.24) is 14.1 Å². The van der Waals surface area contributed by atoms with Crippen molar-refractivity contribution in [3.63, 3.8) is 0 Å². The van der Waals surface area contributed by atoms with Gasteiger partial charge in [0, 0.05) is 43.3 Å². The molecular formula is C18H16F3N3O. The number of hydrogen-bond donors (Lipinski definition) is 0. The third-order valence-corrected chi connectivity index (χ3v) is 3.94. The summed E-state index contributed by atoms with van der Waals surface area (Å²) in [5.74, 6) is 0.594. The minimum Gasteiger partial charge on any atom is -0.327 e. The third kappa shape index (κ3) is 3.50. The molecule has 3 rings (SSSR count). The number of nitrogens with zero attached hydrogens (tertiary/aromatic N) is 3. The SMILES string of the molecule is Cc1cc(-c2nccn2Cc2cccc(C(F)(F)F)c2)cn(C)c1=O. The van der Waals surface area contributed by atoms with Crippen LogP contribution < -0.4 is 5.56 Å². The van der Waals surface area contributed by atoms with Crippen LogP contribution in [-0.2, 0) is 19.8 Å². The molecule has 130 valence electrons. The molecule has 0 fully saturated rings. The molecule has 0 atom stereocenters. The van der Waals surface area contributed by atoms with Crippen LogP contribution in [-0.4, -0.2) is 14.1 Å². The second kappa shape index (κ2) is 6.23. The van der Waals surface area contributed by atoms with E-state index in [2.05, 4.69) is 4.98 Å². The molecule has 0 saturated heterocycles. The zero-order valence-electron chi connectivity index (χ0n) is 13.7. The first-order valence-electron chi connectivity index (χ1n) is 7.60. The number of imidazole rings is 1. The predicted octanol–water partition coefficient (Wildman–Crippen LogP) is 3.62. The Kier molecular flexibility index (Phi) is 4.24. The van der Waals surface area contributed by atoms with E-state index in [0.29, 0.717) is 17.0 Å². The molecule has 2 heterocycles. The molecule has 0 unspecified atom stereocenters. The molecule has 25 heavy (non-hydrogen) atoms. The molecule has 0 bridgehead atoms. The average molecular weight is 347 g/mol. The van der Waals surface area contributed by atoms with Crippen molar-refractivity contribution in [2.75, 3.05) is 0 Å². The Morgan fingerprint density at radius 2 is 1.96 bits per heavy atom. The molecule has 0 radical (unpaired) electrons. The normalized spacial score (nSPS) is 11.7. The largest absolute Gasteiger partial charge is 0.416 e. The summed E-state index contributed by atoms with van der Waals surface area (Å²) in [4.78, 5) is 16.1. The van der Waals surface area contributed by atoms with E-state index in [1.165, 1.54) is 10.6 Å². The molecule has 0 aliphatic heterocycles. The highest BCUT2D eigenvalue weighted by atomic mass is 19.4. The molecule has 0 spiro atoms. The highest BCUT2D eigenvalue weighted by Gasteiger charge is 2.30. The number of aromatic nitrogens is 3. The van der Waals surface area contributed by atoms with Gasteiger partial charge in [-0.25, -0.2) is 4.98 Å². The van der Waals surface area contributed by atoms with Gasteiger partial charge >= 0.3 is 6.18 Å². The molecule has 3 aromatic rings. The molecule has 7 heteroatoms. The number of aryl methyl sites for hydroxylation is 2. The Balaban J connectivity index is 1.97. The van der Waals surface area contributed by atoms with Gasteiger partial charge in [0.1, 0.15) is 5.82 Å². The van der Waals surface area contributed by atoms with Crippen LogP contribution in [0.5, 0.6) is 0 Å². The third-order valence-electron chi connectivity index (χ3n) is 3.94. The fourth-order valence-corrected chi connectivity index (χ4v) is 2.74. The van der Waals surface area contributed by atoms with Gasteiger partial charge in [-0.15, -0.1) is 0 Å². The van der Waals surface area contributed by atoms with Crippen molar-refractivity contribution in [1.29, 1.82) is 0 Å². The van der Waals surface area contributed by atoms with E-state index in [-0.39, 0.29) is 12.1 Å². The zero-order chi connectivity index (χ0) is 18.2. The van der Waals surface area contributed by atoms with Crippen LogP contribution in [0.2, 0.25) is 0 Å². The highest BCUT2D eigenvalue weighted by molar-refractivity contribution is 5.55. The van der Waals surface area contributed by atoms with E-state index in [1.54, 1.807) is 49.3 Å². The molecule has 0 saturated carbocycles. The summed E-state index contributed by atoms with van der Waals surface area (Å²) in [6.07, 6.45) is 0.586. The quantitative estimate of drug-likeness (QED) is 0.726. The lowest BCUT2D eigenvalue weighted by molar-refractivity contribution is -0.137. The standard InChI is InChI=1S/C18H16F3N3O/c1-12-8-14(11-23(2)17(12)25)16-22-6-7-24(16)10-13-4-3-5-15(9-13)18(19,20)21/h3-9,11H,10H2,1-2H3. The van der Waals surface area contributed by atoms with Gasteiger partial charge in [0.2, 0.25) is 0 Å². The minimum absolute atomic E-state index is 0.0975. The second-order valence-corrected chi connectivity index (χ2v) is 5.90. The molecule has 2 aromatic heterocycles. The molecule has 4 nitrogen and oxygen atoms in total. The Labute approximate surface area is 142 Å². The average Bonchev–Trinajstić information content (AvgIpc) is 2.99. The lowest BCUT2D eigenvalue weighted by Crippen LogP contribution is -2.18. The van der Waals surface area contributed by atoms with Gasteiger partial charge < -0.3 is 9.13 Å². The Morgan fingerprint density at radius 1 is 1.20 bits per heavy atom. The van der Waals surface area contributed by atoms with Gasteiger partial charge in [-0.2, -0.15) is 13.2 Å². The number of pyridine rings is 1. The first-order valence-corrected chi connectivity index (χ1v) is 7.60. The summed E-state index contributed by atoms with van der Waals surface area (Å²) in [5.41, 5.74) is 1.06. The molecular weight excluding hydrogens is 331 g/mol. The Morgan fingerprint density at radius 3 is 2.64 bits per heavy atom. The summed E-state index contributed by atoms with van der Waals surface area (Å²) < 4.78 is 41.8. The van der Waals surface area contributed by atoms with Gasteiger partial charge in [-0.05, 0) is 30.7 Å². The lowest BCUT2D eigenvalue weighted by atomic mass is 10.1. The summed E-state index contributed by atoms with van der Waals surface area (Å²) in [6.45, 7) is 1.97. The van der Waals surface area contributed by atoms with Gasteiger partial charge in [0.05, 0.1) is 5.56 Å². The van der Waals surface area contributed by atoms with Crippen molar-refractivity contribution in [2.45, 2.75) is 19.6 Å². The maximum absolute atomic E-state index is 12.9. The Bertz CT molecular complexity index is 944. The van der Waals surface area contributed by atoms with Crippen LogP contribution in [0.1, 0.15) is 16.7 Å². The monoisotopic (exact) mass is 347 g/mol. The molecule has 0 N–H and O–H groups in total. The van der Waals surface area contributed by atoms with Crippen LogP contribution in [0.4, 0.5) is 13.2 Å². The fraction of sp³-hybridized carbons (Fsp3) is 0.222. The maximum Gasteiger partial charge on any atom is 0.416 e. The number of rotatable bonds is 3. The second-order valence-electron chi connectivity index (χ2n) is 5.90. The van der Waals surface area contributed by atoms with Crippen LogP contribution in [0.25, 0.3) is 11.4 Å². The van der Waals surface area contributed by atoms with E-state index in [1.807, 2.05) is 0 Å². The topological polar surface area (TPSA) is 39.8 Å². The summed E-state index contributed by atoms with van der Waals surface area (Å²) in [6, 6.07) is 6.95. The van der Waals surface area contributed by atoms with Gasteiger partial charge in [0.15, 0.2) is 0 Å². The first kappa shape index (κ1) is 17.0. The first-order chi connectivity index (χ1) is 11.8. The van der Waals surface area contributed by atoms with Crippen molar-refractivity contribution in [2.24, 2.45) is 7.05 Å². The van der Waals surface area contributed by atoms with Gasteiger partial charge in [-0.3, -0.25) is 4.79 Å². The van der Waals surface area contributed by atoms with E-state index in [4.69, 9.17) is 0 Å². The highest BCUT2D eigenvalue weighted by Crippen LogP contribution is 2.30. The summed E-state index contributed by atoms with van der Waals surface area (Å²) in [7, 11) is 1.65. The number of hydrogen-bond acceptors (Lipinski definition) is 2. The van der Waals surface area contributed by atoms with E-state index < -0.39 is 11.7 Å². The predicted molar refractivity (Wildman–Crippen MR) is 88.2 cm³/mol. The van der Waals surface area contributed by atoms with Crippen molar-refractivity contribution < 1.29 is 13.2 Å². The van der Waals surface area contributed by atoms with Crippen LogP contribution in [0.3, 0.4) is 0 Å². The fourth-order valence-electron chi connectivity index (χ4n) is 2.74. The zero-order valence-corrected chi connectivity index (χ0v) is 13.7. The lowest BCUT2D eigenvalue weighted by Gasteiger charge is -2.12. The smallest absolute Gasteiger partial charge is 0.327 e. The maximum atomic E-state index is 12.9. The van der Waals surface area contributed by atoms with Crippen LogP contribution in [0, 0.1) is 6.92 Å². The molecule has 1 aromatic carbocycles. The van der Waals surface area contributed by atoms with Crippen molar-refractivity contribution >= 4 is 0 Å².